The van der Waals surface area contributed by atoms with E-state index in [-0.39, 0.29) is 34.0 Å². The van der Waals surface area contributed by atoms with Crippen LogP contribution in [0.25, 0.3) is 0 Å². The lowest BCUT2D eigenvalue weighted by Crippen LogP contribution is -2.51. The SMILES string of the molecule is Cc1ccc(CN(C(=O)CN(c2ccc(F)c(Cl)c2)S(=O)(=O)c2ccccc2)[C@@H](C)C(=O)NCC(C)C)cc1. The molecule has 0 saturated heterocycles. The zero-order valence-electron chi connectivity index (χ0n) is 22.4. The second-order valence-electron chi connectivity index (χ2n) is 9.75. The van der Waals surface area contributed by atoms with Gasteiger partial charge in [-0.3, -0.25) is 13.9 Å². The Morgan fingerprint density at radius 1 is 0.974 bits per heavy atom. The number of hydrogen-bond acceptors (Lipinski definition) is 4. The van der Waals surface area contributed by atoms with E-state index in [1.54, 1.807) is 25.1 Å². The third kappa shape index (κ3) is 7.80. The zero-order chi connectivity index (χ0) is 28.7. The molecule has 0 radical (unpaired) electrons. The van der Waals surface area contributed by atoms with Crippen LogP contribution in [-0.2, 0) is 26.2 Å². The molecule has 1 N–H and O–H groups in total. The molecule has 2 amide bonds. The van der Waals surface area contributed by atoms with Gasteiger partial charge in [0.1, 0.15) is 18.4 Å². The van der Waals surface area contributed by atoms with Gasteiger partial charge in [-0.1, -0.05) is 73.5 Å². The van der Waals surface area contributed by atoms with Crippen molar-refractivity contribution in [2.24, 2.45) is 5.92 Å². The van der Waals surface area contributed by atoms with Crippen molar-refractivity contribution in [2.45, 2.75) is 45.2 Å². The highest BCUT2D eigenvalue weighted by molar-refractivity contribution is 7.92. The van der Waals surface area contributed by atoms with Gasteiger partial charge in [0, 0.05) is 13.1 Å². The highest BCUT2D eigenvalue weighted by atomic mass is 35.5. The average molecular weight is 574 g/mol. The van der Waals surface area contributed by atoms with Crippen molar-refractivity contribution in [3.05, 3.63) is 94.8 Å². The second kappa shape index (κ2) is 13.1. The van der Waals surface area contributed by atoms with Crippen molar-refractivity contribution in [2.75, 3.05) is 17.4 Å². The molecule has 39 heavy (non-hydrogen) atoms. The van der Waals surface area contributed by atoms with Gasteiger partial charge in [-0.05, 0) is 55.7 Å². The summed E-state index contributed by atoms with van der Waals surface area (Å²) in [5, 5.41) is 2.56. The highest BCUT2D eigenvalue weighted by Crippen LogP contribution is 2.28. The molecule has 0 bridgehead atoms. The Kier molecular flexibility index (Phi) is 10.1. The standard InChI is InChI=1S/C29H33ClFN3O4S/c1-20(2)17-32-29(36)22(4)33(18-23-12-10-21(3)11-13-23)28(35)19-34(24-14-15-27(31)26(30)16-24)39(37,38)25-8-6-5-7-9-25/h5-16,20,22H,17-19H2,1-4H3,(H,32,36)/t22-/m0/s1. The van der Waals surface area contributed by atoms with Crippen molar-refractivity contribution in [3.8, 4) is 0 Å². The van der Waals surface area contributed by atoms with Crippen LogP contribution in [0.4, 0.5) is 10.1 Å². The summed E-state index contributed by atoms with van der Waals surface area (Å²) in [4.78, 5) is 28.1. The van der Waals surface area contributed by atoms with E-state index in [0.29, 0.717) is 6.54 Å². The molecule has 0 aliphatic carbocycles. The smallest absolute Gasteiger partial charge is 0.264 e. The summed E-state index contributed by atoms with van der Waals surface area (Å²) < 4.78 is 42.2. The number of hydrogen-bond donors (Lipinski definition) is 1. The van der Waals surface area contributed by atoms with Gasteiger partial charge in [-0.15, -0.1) is 0 Å². The fraction of sp³-hybridized carbons (Fsp3) is 0.310. The molecule has 0 heterocycles. The molecule has 7 nitrogen and oxygen atoms in total. The molecule has 3 aromatic rings. The fourth-order valence-corrected chi connectivity index (χ4v) is 5.42. The van der Waals surface area contributed by atoms with Crippen LogP contribution in [0.15, 0.2) is 77.7 Å². The van der Waals surface area contributed by atoms with Crippen LogP contribution in [-0.4, -0.2) is 44.3 Å². The Balaban J connectivity index is 2.02. The van der Waals surface area contributed by atoms with Gasteiger partial charge in [0.25, 0.3) is 10.0 Å². The molecule has 208 valence electrons. The topological polar surface area (TPSA) is 86.8 Å². The van der Waals surface area contributed by atoms with E-state index < -0.39 is 34.3 Å². The van der Waals surface area contributed by atoms with Crippen molar-refractivity contribution >= 4 is 39.1 Å². The van der Waals surface area contributed by atoms with Crippen molar-refractivity contribution in [1.29, 1.82) is 0 Å². The highest BCUT2D eigenvalue weighted by Gasteiger charge is 2.32. The number of sulfonamides is 1. The quantitative estimate of drug-likeness (QED) is 0.343. The van der Waals surface area contributed by atoms with Gasteiger partial charge in [0.2, 0.25) is 11.8 Å². The van der Waals surface area contributed by atoms with Crippen LogP contribution < -0.4 is 9.62 Å². The van der Waals surface area contributed by atoms with Crippen LogP contribution in [0, 0.1) is 18.7 Å². The molecule has 0 aliphatic heterocycles. The fourth-order valence-electron chi connectivity index (χ4n) is 3.81. The number of carbonyl (C=O) groups excluding carboxylic acids is 2. The maximum Gasteiger partial charge on any atom is 0.264 e. The first-order valence-corrected chi connectivity index (χ1v) is 14.4. The summed E-state index contributed by atoms with van der Waals surface area (Å²) in [5.74, 6) is -1.48. The number of rotatable bonds is 11. The number of aryl methyl sites for hydroxylation is 1. The molecule has 0 fully saturated rings. The van der Waals surface area contributed by atoms with Gasteiger partial charge < -0.3 is 10.2 Å². The maximum atomic E-state index is 13.9. The predicted molar refractivity (Wildman–Crippen MR) is 151 cm³/mol. The lowest BCUT2D eigenvalue weighted by molar-refractivity contribution is -0.139. The third-order valence-electron chi connectivity index (χ3n) is 6.13. The first-order chi connectivity index (χ1) is 18.4. The average Bonchev–Trinajstić information content (AvgIpc) is 2.91. The van der Waals surface area contributed by atoms with Crippen LogP contribution in [0.2, 0.25) is 5.02 Å². The van der Waals surface area contributed by atoms with Crippen molar-refractivity contribution < 1.29 is 22.4 Å². The minimum atomic E-state index is -4.25. The molecule has 0 spiro atoms. The van der Waals surface area contributed by atoms with E-state index in [2.05, 4.69) is 5.32 Å². The lowest BCUT2D eigenvalue weighted by Gasteiger charge is -2.32. The summed E-state index contributed by atoms with van der Waals surface area (Å²) in [6.07, 6.45) is 0. The Bertz CT molecular complexity index is 1400. The predicted octanol–water partition coefficient (Wildman–Crippen LogP) is 5.17. The van der Waals surface area contributed by atoms with Crippen LogP contribution in [0.1, 0.15) is 31.9 Å². The Labute approximate surface area is 234 Å². The number of anilines is 1. The molecule has 0 unspecified atom stereocenters. The lowest BCUT2D eigenvalue weighted by atomic mass is 10.1. The van der Waals surface area contributed by atoms with E-state index in [9.17, 15) is 22.4 Å². The Morgan fingerprint density at radius 3 is 2.21 bits per heavy atom. The van der Waals surface area contributed by atoms with Gasteiger partial charge in [-0.2, -0.15) is 0 Å². The summed E-state index contributed by atoms with van der Waals surface area (Å²) in [7, 11) is -4.25. The molecular formula is C29H33ClFN3O4S. The van der Waals surface area contributed by atoms with Gasteiger partial charge in [0.05, 0.1) is 15.6 Å². The maximum absolute atomic E-state index is 13.9. The van der Waals surface area contributed by atoms with E-state index in [4.69, 9.17) is 11.6 Å². The molecule has 0 aromatic heterocycles. The first-order valence-electron chi connectivity index (χ1n) is 12.6. The number of halogens is 2. The normalized spacial score (nSPS) is 12.2. The van der Waals surface area contributed by atoms with Crippen molar-refractivity contribution in [1.82, 2.24) is 10.2 Å². The van der Waals surface area contributed by atoms with E-state index >= 15 is 0 Å². The minimum Gasteiger partial charge on any atom is -0.354 e. The molecule has 0 saturated carbocycles. The minimum absolute atomic E-state index is 0.0193. The van der Waals surface area contributed by atoms with E-state index in [1.165, 1.54) is 23.1 Å². The Morgan fingerprint density at radius 2 is 1.62 bits per heavy atom. The molecule has 0 aliphatic rings. The molecule has 10 heteroatoms. The summed E-state index contributed by atoms with van der Waals surface area (Å²) in [5.41, 5.74) is 1.83. The van der Waals surface area contributed by atoms with Gasteiger partial charge >= 0.3 is 0 Å². The number of carbonyl (C=O) groups is 2. The van der Waals surface area contributed by atoms with Crippen LogP contribution >= 0.6 is 11.6 Å². The molecule has 1 atom stereocenters. The van der Waals surface area contributed by atoms with Gasteiger partial charge in [-0.25, -0.2) is 12.8 Å². The largest absolute Gasteiger partial charge is 0.354 e. The second-order valence-corrected chi connectivity index (χ2v) is 12.0. The van der Waals surface area contributed by atoms with E-state index in [0.717, 1.165) is 27.6 Å². The number of nitrogens with one attached hydrogen (secondary N) is 1. The number of amides is 2. The summed E-state index contributed by atoms with van der Waals surface area (Å²) in [6.45, 7) is 7.34. The van der Waals surface area contributed by atoms with Crippen LogP contribution in [0.5, 0.6) is 0 Å². The number of nitrogens with zero attached hydrogens (tertiary/aromatic N) is 2. The molecule has 3 rings (SSSR count). The van der Waals surface area contributed by atoms with E-state index in [1.807, 2.05) is 45.0 Å². The Hall–Kier alpha value is -3.43. The van der Waals surface area contributed by atoms with Crippen molar-refractivity contribution in [3.63, 3.8) is 0 Å². The third-order valence-corrected chi connectivity index (χ3v) is 8.20. The van der Waals surface area contributed by atoms with Crippen LogP contribution in [0.3, 0.4) is 0 Å². The molecular weight excluding hydrogens is 541 g/mol. The monoisotopic (exact) mass is 573 g/mol. The summed E-state index contributed by atoms with van der Waals surface area (Å²) >= 11 is 5.98. The number of benzene rings is 3. The zero-order valence-corrected chi connectivity index (χ0v) is 24.0. The van der Waals surface area contributed by atoms with Gasteiger partial charge in [0.15, 0.2) is 0 Å². The summed E-state index contributed by atoms with van der Waals surface area (Å²) in [6, 6.07) is 17.7. The molecule has 3 aromatic carbocycles. The first kappa shape index (κ1) is 30.1.